The molecule has 0 bridgehead atoms. The molecule has 1 N–H and O–H groups in total. The Bertz CT molecular complexity index is 583. The fourth-order valence-electron chi connectivity index (χ4n) is 2.47. The van der Waals surface area contributed by atoms with Crippen LogP contribution in [0, 0.1) is 5.82 Å². The Balaban J connectivity index is 2.07. The number of sulfonamides is 1. The fraction of sp³-hybridized carbons (Fsp3) is 0.538. The molecule has 0 saturated carbocycles. The van der Waals surface area contributed by atoms with Gasteiger partial charge in [-0.2, -0.15) is 4.31 Å². The van der Waals surface area contributed by atoms with Crippen LogP contribution in [0.15, 0.2) is 18.2 Å². The quantitative estimate of drug-likeness (QED) is 0.910. The molecule has 1 saturated heterocycles. The first kappa shape index (κ1) is 15.2. The molecule has 112 valence electrons. The van der Waals surface area contributed by atoms with Crippen molar-refractivity contribution < 1.29 is 17.9 Å². The van der Waals surface area contributed by atoms with Crippen LogP contribution in [0.25, 0.3) is 0 Å². The summed E-state index contributed by atoms with van der Waals surface area (Å²) < 4.78 is 38.2. The van der Waals surface area contributed by atoms with Crippen molar-refractivity contribution in [2.45, 2.75) is 13.0 Å². The van der Waals surface area contributed by atoms with Crippen molar-refractivity contribution in [2.75, 3.05) is 32.4 Å². The number of hydrogen-bond donors (Lipinski definition) is 1. The maximum absolute atomic E-state index is 13.8. The lowest BCUT2D eigenvalue weighted by atomic mass is 10.1. The van der Waals surface area contributed by atoms with E-state index in [4.69, 9.17) is 0 Å². The van der Waals surface area contributed by atoms with E-state index < -0.39 is 15.8 Å². The first-order chi connectivity index (χ1) is 9.29. The van der Waals surface area contributed by atoms with Crippen molar-refractivity contribution in [1.82, 2.24) is 9.21 Å². The summed E-state index contributed by atoms with van der Waals surface area (Å²) in [6, 6.07) is 3.97. The molecule has 0 aliphatic carbocycles. The number of phenolic OH excluding ortho intramolecular Hbond substituents is 1. The molecular weight excluding hydrogens is 283 g/mol. The van der Waals surface area contributed by atoms with Crippen molar-refractivity contribution in [3.8, 4) is 5.75 Å². The van der Waals surface area contributed by atoms with Crippen molar-refractivity contribution in [3.05, 3.63) is 29.6 Å². The number of nitrogens with zero attached hydrogens (tertiary/aromatic N) is 2. The van der Waals surface area contributed by atoms with Crippen LogP contribution in [-0.2, 0) is 10.0 Å². The van der Waals surface area contributed by atoms with Crippen molar-refractivity contribution in [1.29, 1.82) is 0 Å². The van der Waals surface area contributed by atoms with E-state index in [2.05, 4.69) is 0 Å². The number of piperazine rings is 1. The number of rotatable bonds is 3. The first-order valence-corrected chi connectivity index (χ1v) is 8.31. The Morgan fingerprint density at radius 1 is 1.25 bits per heavy atom. The standard InChI is InChI=1S/C13H19FN2O3S/c1-10(12-4-3-11(17)9-13(12)14)15-5-7-16(8-6-15)20(2,18)19/h3-4,9-10,17H,5-8H2,1-2H3. The van der Waals surface area contributed by atoms with E-state index in [1.807, 2.05) is 11.8 Å². The van der Waals surface area contributed by atoms with Gasteiger partial charge in [0.2, 0.25) is 10.0 Å². The lowest BCUT2D eigenvalue weighted by Gasteiger charge is -2.37. The lowest BCUT2D eigenvalue weighted by molar-refractivity contribution is 0.144. The number of aromatic hydroxyl groups is 1. The number of halogens is 1. The summed E-state index contributed by atoms with van der Waals surface area (Å²) in [5.74, 6) is -0.539. The SMILES string of the molecule is CC(c1ccc(O)cc1F)N1CCN(S(C)(=O)=O)CC1. The molecule has 20 heavy (non-hydrogen) atoms. The summed E-state index contributed by atoms with van der Waals surface area (Å²) >= 11 is 0. The van der Waals surface area contributed by atoms with Gasteiger partial charge in [-0.15, -0.1) is 0 Å². The molecule has 0 amide bonds. The second-order valence-electron chi connectivity index (χ2n) is 5.08. The Morgan fingerprint density at radius 2 is 1.85 bits per heavy atom. The Morgan fingerprint density at radius 3 is 2.35 bits per heavy atom. The van der Waals surface area contributed by atoms with Gasteiger partial charge in [0.15, 0.2) is 0 Å². The van der Waals surface area contributed by atoms with Crippen LogP contribution in [0.1, 0.15) is 18.5 Å². The maximum atomic E-state index is 13.8. The number of phenols is 1. The molecule has 1 fully saturated rings. The molecule has 1 aromatic rings. The summed E-state index contributed by atoms with van der Waals surface area (Å²) in [4.78, 5) is 2.04. The molecule has 5 nitrogen and oxygen atoms in total. The molecule has 1 aliphatic rings. The zero-order chi connectivity index (χ0) is 14.9. The van der Waals surface area contributed by atoms with Crippen molar-refractivity contribution in [2.24, 2.45) is 0 Å². The van der Waals surface area contributed by atoms with E-state index in [1.54, 1.807) is 6.07 Å². The smallest absolute Gasteiger partial charge is 0.211 e. The van der Waals surface area contributed by atoms with E-state index >= 15 is 0 Å². The largest absolute Gasteiger partial charge is 0.508 e. The third-order valence-electron chi connectivity index (χ3n) is 3.72. The molecule has 1 heterocycles. The van der Waals surface area contributed by atoms with E-state index in [0.717, 1.165) is 6.07 Å². The van der Waals surface area contributed by atoms with E-state index in [-0.39, 0.29) is 11.8 Å². The predicted octanol–water partition coefficient (Wildman–Crippen LogP) is 1.17. The topological polar surface area (TPSA) is 60.9 Å². The lowest BCUT2D eigenvalue weighted by Crippen LogP contribution is -2.48. The van der Waals surface area contributed by atoms with Crippen LogP contribution in [-0.4, -0.2) is 55.2 Å². The minimum Gasteiger partial charge on any atom is -0.508 e. The maximum Gasteiger partial charge on any atom is 0.211 e. The van der Waals surface area contributed by atoms with Crippen LogP contribution in [0.2, 0.25) is 0 Å². The zero-order valence-electron chi connectivity index (χ0n) is 11.6. The van der Waals surface area contributed by atoms with E-state index in [1.165, 1.54) is 16.6 Å². The molecule has 0 radical (unpaired) electrons. The number of benzene rings is 1. The highest BCUT2D eigenvalue weighted by atomic mass is 32.2. The van der Waals surface area contributed by atoms with Gasteiger partial charge >= 0.3 is 0 Å². The highest BCUT2D eigenvalue weighted by Gasteiger charge is 2.27. The van der Waals surface area contributed by atoms with Gasteiger partial charge in [0, 0.05) is 43.9 Å². The molecule has 1 aromatic carbocycles. The third kappa shape index (κ3) is 3.28. The van der Waals surface area contributed by atoms with E-state index in [0.29, 0.717) is 31.7 Å². The first-order valence-electron chi connectivity index (χ1n) is 6.46. The van der Waals surface area contributed by atoms with Gasteiger partial charge in [-0.3, -0.25) is 4.90 Å². The number of hydrogen-bond acceptors (Lipinski definition) is 4. The van der Waals surface area contributed by atoms with Gasteiger partial charge in [-0.1, -0.05) is 6.07 Å². The van der Waals surface area contributed by atoms with Crippen LogP contribution in [0.3, 0.4) is 0 Å². The molecule has 0 spiro atoms. The van der Waals surface area contributed by atoms with Gasteiger partial charge < -0.3 is 5.11 Å². The third-order valence-corrected chi connectivity index (χ3v) is 5.03. The average molecular weight is 302 g/mol. The summed E-state index contributed by atoms with van der Waals surface area (Å²) in [5, 5.41) is 9.23. The molecule has 1 aliphatic heterocycles. The Labute approximate surface area is 118 Å². The van der Waals surface area contributed by atoms with Gasteiger partial charge in [-0.05, 0) is 13.0 Å². The Kier molecular flexibility index (Phi) is 4.31. The predicted molar refractivity (Wildman–Crippen MR) is 74.5 cm³/mol. The minimum atomic E-state index is -3.15. The molecule has 0 aromatic heterocycles. The van der Waals surface area contributed by atoms with Crippen LogP contribution >= 0.6 is 0 Å². The minimum absolute atomic E-state index is 0.0969. The highest BCUT2D eigenvalue weighted by Crippen LogP contribution is 2.26. The second kappa shape index (κ2) is 5.67. The summed E-state index contributed by atoms with van der Waals surface area (Å²) in [6.07, 6.45) is 1.20. The van der Waals surface area contributed by atoms with E-state index in [9.17, 15) is 17.9 Å². The summed E-state index contributed by atoms with van der Waals surface area (Å²) in [6.45, 7) is 3.85. The second-order valence-corrected chi connectivity index (χ2v) is 7.06. The zero-order valence-corrected chi connectivity index (χ0v) is 12.4. The average Bonchev–Trinajstić information content (AvgIpc) is 2.37. The fourth-order valence-corrected chi connectivity index (χ4v) is 3.30. The van der Waals surface area contributed by atoms with Crippen molar-refractivity contribution in [3.63, 3.8) is 0 Å². The van der Waals surface area contributed by atoms with Gasteiger partial charge in [0.1, 0.15) is 11.6 Å². The molecule has 2 rings (SSSR count). The molecule has 1 unspecified atom stereocenters. The van der Waals surface area contributed by atoms with Crippen LogP contribution in [0.4, 0.5) is 4.39 Å². The summed E-state index contributed by atoms with van der Waals surface area (Å²) in [7, 11) is -3.15. The Hall–Kier alpha value is -1.18. The summed E-state index contributed by atoms with van der Waals surface area (Å²) in [5.41, 5.74) is 0.510. The molecule has 7 heteroatoms. The normalized spacial score (nSPS) is 19.9. The van der Waals surface area contributed by atoms with Crippen LogP contribution in [0.5, 0.6) is 5.75 Å². The van der Waals surface area contributed by atoms with Crippen LogP contribution < -0.4 is 0 Å². The van der Waals surface area contributed by atoms with Gasteiger partial charge in [0.05, 0.1) is 6.26 Å². The molecule has 1 atom stereocenters. The van der Waals surface area contributed by atoms with Gasteiger partial charge in [0.25, 0.3) is 0 Å². The highest BCUT2D eigenvalue weighted by molar-refractivity contribution is 7.88. The van der Waals surface area contributed by atoms with Crippen molar-refractivity contribution >= 4 is 10.0 Å². The monoisotopic (exact) mass is 302 g/mol. The molecular formula is C13H19FN2O3S. The van der Waals surface area contributed by atoms with Gasteiger partial charge in [-0.25, -0.2) is 12.8 Å².